The van der Waals surface area contributed by atoms with Crippen molar-refractivity contribution in [1.29, 1.82) is 0 Å². The molecule has 0 radical (unpaired) electrons. The predicted molar refractivity (Wildman–Crippen MR) is 61.0 cm³/mol. The topological polar surface area (TPSA) is 72.5 Å². The van der Waals surface area contributed by atoms with Gasteiger partial charge in [0.25, 0.3) is 0 Å². The molecule has 0 saturated carbocycles. The molecule has 2 atom stereocenters. The van der Waals surface area contributed by atoms with E-state index in [1.54, 1.807) is 7.11 Å². The van der Waals surface area contributed by atoms with Crippen LogP contribution in [0.25, 0.3) is 0 Å². The van der Waals surface area contributed by atoms with Gasteiger partial charge in [0.2, 0.25) is 0 Å². The number of benzene rings is 1. The van der Waals surface area contributed by atoms with E-state index in [0.717, 1.165) is 5.56 Å². The van der Waals surface area contributed by atoms with Gasteiger partial charge in [0.05, 0.1) is 12.0 Å². The van der Waals surface area contributed by atoms with Crippen LogP contribution in [0.3, 0.4) is 0 Å². The second-order valence-corrected chi connectivity index (χ2v) is 3.64. The van der Waals surface area contributed by atoms with Crippen molar-refractivity contribution in [2.24, 2.45) is 11.7 Å². The van der Waals surface area contributed by atoms with Gasteiger partial charge in [-0.05, 0) is 12.0 Å². The summed E-state index contributed by atoms with van der Waals surface area (Å²) < 4.78 is 5.30. The molecule has 4 heteroatoms. The van der Waals surface area contributed by atoms with E-state index in [-0.39, 0.29) is 12.6 Å². The number of hydrogen-bond acceptors (Lipinski definition) is 3. The van der Waals surface area contributed by atoms with Crippen molar-refractivity contribution in [3.05, 3.63) is 35.9 Å². The maximum absolute atomic E-state index is 10.9. The first-order valence-corrected chi connectivity index (χ1v) is 5.19. The van der Waals surface area contributed by atoms with E-state index >= 15 is 0 Å². The highest BCUT2D eigenvalue weighted by atomic mass is 16.5. The van der Waals surface area contributed by atoms with Crippen LogP contribution in [0.2, 0.25) is 0 Å². The van der Waals surface area contributed by atoms with E-state index in [0.29, 0.717) is 6.42 Å². The summed E-state index contributed by atoms with van der Waals surface area (Å²) in [6.45, 7) is 0.127. The lowest BCUT2D eigenvalue weighted by Crippen LogP contribution is -2.25. The Bertz CT molecular complexity index is 326. The number of methoxy groups -OCH3 is 1. The fourth-order valence-corrected chi connectivity index (χ4v) is 1.59. The molecule has 0 bridgehead atoms. The van der Waals surface area contributed by atoms with Crippen molar-refractivity contribution in [3.8, 4) is 0 Å². The van der Waals surface area contributed by atoms with Crippen LogP contribution in [-0.4, -0.2) is 24.7 Å². The molecule has 88 valence electrons. The van der Waals surface area contributed by atoms with Crippen molar-refractivity contribution in [2.45, 2.75) is 12.5 Å². The zero-order valence-corrected chi connectivity index (χ0v) is 9.30. The van der Waals surface area contributed by atoms with Crippen LogP contribution in [0.1, 0.15) is 18.1 Å². The van der Waals surface area contributed by atoms with Crippen LogP contribution in [-0.2, 0) is 9.53 Å². The molecule has 1 aromatic rings. The monoisotopic (exact) mass is 223 g/mol. The minimum absolute atomic E-state index is 0.127. The van der Waals surface area contributed by atoms with E-state index in [2.05, 4.69) is 0 Å². The summed E-state index contributed by atoms with van der Waals surface area (Å²) in [6, 6.07) is 9.56. The Morgan fingerprint density at radius 2 is 2.06 bits per heavy atom. The normalized spacial score (nSPS) is 14.4. The lowest BCUT2D eigenvalue weighted by Gasteiger charge is -2.19. The van der Waals surface area contributed by atoms with Crippen LogP contribution < -0.4 is 5.73 Å². The number of nitrogens with two attached hydrogens (primary N) is 1. The quantitative estimate of drug-likeness (QED) is 0.765. The molecular weight excluding hydrogens is 206 g/mol. The number of ether oxygens (including phenoxy) is 1. The van der Waals surface area contributed by atoms with Crippen molar-refractivity contribution < 1.29 is 14.6 Å². The molecule has 0 aliphatic heterocycles. The first-order valence-electron chi connectivity index (χ1n) is 5.19. The lowest BCUT2D eigenvalue weighted by molar-refractivity contribution is -0.142. The first kappa shape index (κ1) is 12.7. The number of hydrogen-bond donors (Lipinski definition) is 2. The van der Waals surface area contributed by atoms with Crippen LogP contribution in [0.5, 0.6) is 0 Å². The van der Waals surface area contributed by atoms with Gasteiger partial charge in [-0.15, -0.1) is 0 Å². The van der Waals surface area contributed by atoms with Gasteiger partial charge < -0.3 is 15.6 Å². The zero-order valence-electron chi connectivity index (χ0n) is 9.30. The molecule has 1 rings (SSSR count). The lowest BCUT2D eigenvalue weighted by atomic mass is 9.97. The Balaban J connectivity index is 2.72. The van der Waals surface area contributed by atoms with Gasteiger partial charge in [-0.2, -0.15) is 0 Å². The highest BCUT2D eigenvalue weighted by Gasteiger charge is 2.22. The zero-order chi connectivity index (χ0) is 12.0. The standard InChI is InChI=1S/C12H17NO3/c1-16-11(7-10(8-13)12(14)15)9-5-3-2-4-6-9/h2-6,10-11H,7-8,13H2,1H3,(H,14,15). The number of carbonyl (C=O) groups is 1. The molecule has 0 aliphatic rings. The van der Waals surface area contributed by atoms with Gasteiger partial charge in [-0.3, -0.25) is 4.79 Å². The average Bonchev–Trinajstić information content (AvgIpc) is 2.31. The van der Waals surface area contributed by atoms with E-state index in [4.69, 9.17) is 15.6 Å². The Morgan fingerprint density at radius 1 is 1.44 bits per heavy atom. The Kier molecular flexibility index (Phi) is 4.95. The highest BCUT2D eigenvalue weighted by Crippen LogP contribution is 2.24. The third kappa shape index (κ3) is 3.32. The molecule has 0 spiro atoms. The smallest absolute Gasteiger partial charge is 0.307 e. The third-order valence-electron chi connectivity index (χ3n) is 2.59. The fraction of sp³-hybridized carbons (Fsp3) is 0.417. The van der Waals surface area contributed by atoms with E-state index in [9.17, 15) is 4.79 Å². The van der Waals surface area contributed by atoms with Crippen molar-refractivity contribution >= 4 is 5.97 Å². The SMILES string of the molecule is COC(CC(CN)C(=O)O)c1ccccc1. The van der Waals surface area contributed by atoms with Crippen molar-refractivity contribution in [1.82, 2.24) is 0 Å². The Labute approximate surface area is 95.0 Å². The Morgan fingerprint density at radius 3 is 2.50 bits per heavy atom. The minimum Gasteiger partial charge on any atom is -0.481 e. The van der Waals surface area contributed by atoms with Crippen LogP contribution >= 0.6 is 0 Å². The summed E-state index contributed by atoms with van der Waals surface area (Å²) in [5.41, 5.74) is 6.39. The third-order valence-corrected chi connectivity index (χ3v) is 2.59. The van der Waals surface area contributed by atoms with Gasteiger partial charge in [0.15, 0.2) is 0 Å². The fourth-order valence-electron chi connectivity index (χ4n) is 1.59. The largest absolute Gasteiger partial charge is 0.481 e. The van der Waals surface area contributed by atoms with Crippen LogP contribution in [0, 0.1) is 5.92 Å². The molecule has 4 nitrogen and oxygen atoms in total. The molecule has 0 aliphatic carbocycles. The van der Waals surface area contributed by atoms with Gasteiger partial charge in [0, 0.05) is 13.7 Å². The molecule has 0 aromatic heterocycles. The number of rotatable bonds is 6. The van der Waals surface area contributed by atoms with Crippen molar-refractivity contribution in [2.75, 3.05) is 13.7 Å². The summed E-state index contributed by atoms with van der Waals surface area (Å²) in [7, 11) is 1.58. The molecule has 0 fully saturated rings. The van der Waals surface area contributed by atoms with Gasteiger partial charge in [-0.25, -0.2) is 0 Å². The van der Waals surface area contributed by atoms with Gasteiger partial charge in [-0.1, -0.05) is 30.3 Å². The predicted octanol–water partition coefficient (Wildman–Crippen LogP) is 1.42. The summed E-state index contributed by atoms with van der Waals surface area (Å²) >= 11 is 0. The van der Waals surface area contributed by atoms with E-state index in [1.807, 2.05) is 30.3 Å². The Hall–Kier alpha value is -1.39. The molecule has 1 aromatic carbocycles. The number of carboxylic acids is 1. The number of aliphatic carboxylic acids is 1. The molecule has 2 unspecified atom stereocenters. The average molecular weight is 223 g/mol. The second-order valence-electron chi connectivity index (χ2n) is 3.64. The summed E-state index contributed by atoms with van der Waals surface area (Å²) in [5, 5.41) is 8.93. The maximum atomic E-state index is 10.9. The van der Waals surface area contributed by atoms with Crippen LogP contribution in [0.4, 0.5) is 0 Å². The molecule has 16 heavy (non-hydrogen) atoms. The molecule has 0 saturated heterocycles. The summed E-state index contributed by atoms with van der Waals surface area (Å²) in [6.07, 6.45) is 0.178. The van der Waals surface area contributed by atoms with Gasteiger partial charge >= 0.3 is 5.97 Å². The second kappa shape index (κ2) is 6.25. The molecular formula is C12H17NO3. The van der Waals surface area contributed by atoms with E-state index < -0.39 is 11.9 Å². The van der Waals surface area contributed by atoms with Gasteiger partial charge in [0.1, 0.15) is 0 Å². The first-order chi connectivity index (χ1) is 7.69. The summed E-state index contributed by atoms with van der Waals surface area (Å²) in [5.74, 6) is -1.44. The molecule has 3 N–H and O–H groups in total. The minimum atomic E-state index is -0.875. The van der Waals surface area contributed by atoms with E-state index in [1.165, 1.54) is 0 Å². The molecule has 0 amide bonds. The summed E-state index contributed by atoms with van der Waals surface area (Å²) in [4.78, 5) is 10.9. The van der Waals surface area contributed by atoms with Crippen LogP contribution in [0.15, 0.2) is 30.3 Å². The molecule has 0 heterocycles. The van der Waals surface area contributed by atoms with Crippen molar-refractivity contribution in [3.63, 3.8) is 0 Å². The number of carboxylic acid groups (broad SMARTS) is 1. The maximum Gasteiger partial charge on any atom is 0.307 e. The highest BCUT2D eigenvalue weighted by molar-refractivity contribution is 5.70.